The van der Waals surface area contributed by atoms with Gasteiger partial charge in [-0.1, -0.05) is 18.2 Å². The van der Waals surface area contributed by atoms with E-state index in [4.69, 9.17) is 10.5 Å². The fourth-order valence-corrected chi connectivity index (χ4v) is 2.69. The summed E-state index contributed by atoms with van der Waals surface area (Å²) in [5.41, 5.74) is 7.40. The van der Waals surface area contributed by atoms with Gasteiger partial charge in [0.15, 0.2) is 11.6 Å². The van der Waals surface area contributed by atoms with Gasteiger partial charge < -0.3 is 15.8 Å². The second kappa shape index (κ2) is 6.79. The second-order valence-electron chi connectivity index (χ2n) is 5.65. The number of primary amides is 1. The zero-order valence-corrected chi connectivity index (χ0v) is 12.7. The van der Waals surface area contributed by atoms with Crippen molar-refractivity contribution in [2.24, 2.45) is 5.73 Å². The Morgan fingerprint density at radius 2 is 1.74 bits per heavy atom. The third-order valence-corrected chi connectivity index (χ3v) is 4.01. The molecule has 120 valence electrons. The average Bonchev–Trinajstić information content (AvgIpc) is 2.58. The highest BCUT2D eigenvalue weighted by atomic mass is 19.1. The van der Waals surface area contributed by atoms with Gasteiger partial charge in [-0.3, -0.25) is 4.79 Å². The van der Waals surface area contributed by atoms with E-state index in [1.165, 1.54) is 6.07 Å². The van der Waals surface area contributed by atoms with Crippen LogP contribution in [0.15, 0.2) is 42.5 Å². The van der Waals surface area contributed by atoms with E-state index in [2.05, 4.69) is 5.32 Å². The van der Waals surface area contributed by atoms with Crippen molar-refractivity contribution < 1.29 is 13.9 Å². The van der Waals surface area contributed by atoms with Crippen molar-refractivity contribution in [1.29, 1.82) is 0 Å². The molecule has 0 spiro atoms. The number of ether oxygens (including phenoxy) is 1. The van der Waals surface area contributed by atoms with E-state index in [1.807, 2.05) is 0 Å². The van der Waals surface area contributed by atoms with Gasteiger partial charge in [-0.15, -0.1) is 0 Å². The lowest BCUT2D eigenvalue weighted by Crippen LogP contribution is -2.34. The molecule has 5 heteroatoms. The molecule has 0 aromatic heterocycles. The van der Waals surface area contributed by atoms with Crippen molar-refractivity contribution in [2.75, 3.05) is 13.1 Å². The summed E-state index contributed by atoms with van der Waals surface area (Å²) in [6, 6.07) is 11.7. The number of carbonyl (C=O) groups excluding carboxylic acids is 1. The third-order valence-electron chi connectivity index (χ3n) is 4.01. The monoisotopic (exact) mass is 314 g/mol. The van der Waals surface area contributed by atoms with E-state index in [0.29, 0.717) is 5.56 Å². The van der Waals surface area contributed by atoms with E-state index >= 15 is 0 Å². The first-order chi connectivity index (χ1) is 11.1. The summed E-state index contributed by atoms with van der Waals surface area (Å²) in [7, 11) is 0. The fourth-order valence-electron chi connectivity index (χ4n) is 2.69. The molecule has 1 saturated heterocycles. The van der Waals surface area contributed by atoms with E-state index in [1.54, 1.807) is 36.4 Å². The van der Waals surface area contributed by atoms with Crippen LogP contribution in [-0.4, -0.2) is 25.1 Å². The molecule has 0 bridgehead atoms. The van der Waals surface area contributed by atoms with Gasteiger partial charge in [0.1, 0.15) is 6.10 Å². The lowest BCUT2D eigenvalue weighted by atomic mass is 10.0. The van der Waals surface area contributed by atoms with Gasteiger partial charge in [0, 0.05) is 5.56 Å². The molecule has 1 aliphatic heterocycles. The first-order valence-corrected chi connectivity index (χ1v) is 7.70. The molecule has 0 aliphatic carbocycles. The zero-order valence-electron chi connectivity index (χ0n) is 12.7. The summed E-state index contributed by atoms with van der Waals surface area (Å²) in [5.74, 6) is -0.556. The maximum atomic E-state index is 14.0. The van der Waals surface area contributed by atoms with Crippen LogP contribution in [0.4, 0.5) is 4.39 Å². The molecule has 3 N–H and O–H groups in total. The van der Waals surface area contributed by atoms with E-state index in [-0.39, 0.29) is 17.7 Å². The van der Waals surface area contributed by atoms with Crippen molar-refractivity contribution in [3.8, 4) is 16.9 Å². The molecule has 0 saturated carbocycles. The largest absolute Gasteiger partial charge is 0.487 e. The predicted molar refractivity (Wildman–Crippen MR) is 86.9 cm³/mol. The number of halogens is 1. The maximum Gasteiger partial charge on any atom is 0.248 e. The summed E-state index contributed by atoms with van der Waals surface area (Å²) in [4.78, 5) is 11.1. The zero-order chi connectivity index (χ0) is 16.2. The quantitative estimate of drug-likeness (QED) is 0.912. The van der Waals surface area contributed by atoms with Crippen molar-refractivity contribution >= 4 is 5.91 Å². The number of hydrogen-bond donors (Lipinski definition) is 2. The van der Waals surface area contributed by atoms with Gasteiger partial charge in [0.25, 0.3) is 0 Å². The molecule has 1 aliphatic rings. The number of rotatable bonds is 4. The fraction of sp³-hybridized carbons (Fsp3) is 0.278. The van der Waals surface area contributed by atoms with Gasteiger partial charge in [-0.2, -0.15) is 0 Å². The summed E-state index contributed by atoms with van der Waals surface area (Å²) < 4.78 is 19.8. The molecular weight excluding hydrogens is 295 g/mol. The second-order valence-corrected chi connectivity index (χ2v) is 5.65. The number of amides is 1. The molecule has 4 nitrogen and oxygen atoms in total. The van der Waals surface area contributed by atoms with Gasteiger partial charge in [-0.05, 0) is 61.3 Å². The molecule has 0 atom stereocenters. The maximum absolute atomic E-state index is 14.0. The van der Waals surface area contributed by atoms with Crippen molar-refractivity contribution in [1.82, 2.24) is 5.32 Å². The minimum Gasteiger partial charge on any atom is -0.487 e. The highest BCUT2D eigenvalue weighted by Gasteiger charge is 2.17. The lowest BCUT2D eigenvalue weighted by molar-refractivity contribution is 0.100. The van der Waals surface area contributed by atoms with Crippen LogP contribution in [-0.2, 0) is 0 Å². The van der Waals surface area contributed by atoms with Gasteiger partial charge >= 0.3 is 0 Å². The van der Waals surface area contributed by atoms with Crippen LogP contribution >= 0.6 is 0 Å². The van der Waals surface area contributed by atoms with Crippen LogP contribution in [0, 0.1) is 5.82 Å². The Balaban J connectivity index is 1.82. The Hall–Kier alpha value is -2.40. The SMILES string of the molecule is NC(=O)c1ccc(-c2ccc(F)c(OC3CCNCC3)c2)cc1. The first-order valence-electron chi connectivity index (χ1n) is 7.70. The summed E-state index contributed by atoms with van der Waals surface area (Å²) >= 11 is 0. The lowest BCUT2D eigenvalue weighted by Gasteiger charge is -2.24. The normalized spacial score (nSPS) is 15.3. The molecule has 0 unspecified atom stereocenters. The Labute approximate surface area is 134 Å². The van der Waals surface area contributed by atoms with E-state index in [0.717, 1.165) is 37.1 Å². The first kappa shape index (κ1) is 15.5. The molecule has 1 fully saturated rings. The summed E-state index contributed by atoms with van der Waals surface area (Å²) in [5, 5.41) is 3.26. The van der Waals surface area contributed by atoms with E-state index < -0.39 is 5.91 Å². The molecule has 1 amide bonds. The van der Waals surface area contributed by atoms with Crippen LogP contribution in [0.25, 0.3) is 11.1 Å². The minimum absolute atomic E-state index is 0.0400. The highest BCUT2D eigenvalue weighted by Crippen LogP contribution is 2.28. The number of piperidine rings is 1. The number of carbonyl (C=O) groups is 1. The number of hydrogen-bond acceptors (Lipinski definition) is 3. The Bertz CT molecular complexity index is 695. The van der Waals surface area contributed by atoms with Crippen LogP contribution in [0.1, 0.15) is 23.2 Å². The summed E-state index contributed by atoms with van der Waals surface area (Å²) in [6.45, 7) is 1.78. The Kier molecular flexibility index (Phi) is 4.57. The highest BCUT2D eigenvalue weighted by molar-refractivity contribution is 5.93. The van der Waals surface area contributed by atoms with Gasteiger partial charge in [-0.25, -0.2) is 4.39 Å². The van der Waals surface area contributed by atoms with Crippen LogP contribution in [0.2, 0.25) is 0 Å². The Morgan fingerprint density at radius 1 is 1.09 bits per heavy atom. The molecule has 3 rings (SSSR count). The topological polar surface area (TPSA) is 64.4 Å². The molecular formula is C18H19FN2O2. The molecule has 0 radical (unpaired) electrons. The molecule has 2 aromatic carbocycles. The average molecular weight is 314 g/mol. The molecule has 1 heterocycles. The Morgan fingerprint density at radius 3 is 2.39 bits per heavy atom. The minimum atomic E-state index is -0.467. The number of nitrogens with one attached hydrogen (secondary N) is 1. The number of nitrogens with two attached hydrogens (primary N) is 1. The van der Waals surface area contributed by atoms with Crippen molar-refractivity contribution in [2.45, 2.75) is 18.9 Å². The van der Waals surface area contributed by atoms with Crippen molar-refractivity contribution in [3.05, 3.63) is 53.8 Å². The smallest absolute Gasteiger partial charge is 0.248 e. The van der Waals surface area contributed by atoms with Crippen LogP contribution in [0.3, 0.4) is 0 Å². The van der Waals surface area contributed by atoms with Crippen LogP contribution in [0.5, 0.6) is 5.75 Å². The van der Waals surface area contributed by atoms with Crippen LogP contribution < -0.4 is 15.8 Å². The molecule has 23 heavy (non-hydrogen) atoms. The molecule has 2 aromatic rings. The number of benzene rings is 2. The van der Waals surface area contributed by atoms with Gasteiger partial charge in [0.05, 0.1) is 0 Å². The van der Waals surface area contributed by atoms with Crippen molar-refractivity contribution in [3.63, 3.8) is 0 Å². The predicted octanol–water partition coefficient (Wildman–Crippen LogP) is 2.72. The standard InChI is InChI=1S/C18H19FN2O2/c19-16-6-5-14(12-1-3-13(4-2-12)18(20)22)11-17(16)23-15-7-9-21-10-8-15/h1-6,11,15,21H,7-10H2,(H2,20,22). The third kappa shape index (κ3) is 3.68. The van der Waals surface area contributed by atoms with E-state index in [9.17, 15) is 9.18 Å². The van der Waals surface area contributed by atoms with Gasteiger partial charge in [0.2, 0.25) is 5.91 Å². The summed E-state index contributed by atoms with van der Waals surface area (Å²) in [6.07, 6.45) is 1.78.